The van der Waals surface area contributed by atoms with E-state index in [9.17, 15) is 5.11 Å². The van der Waals surface area contributed by atoms with Crippen LogP contribution in [0.25, 0.3) is 22.2 Å². The van der Waals surface area contributed by atoms with Gasteiger partial charge in [0.2, 0.25) is 0 Å². The summed E-state index contributed by atoms with van der Waals surface area (Å²) in [5.41, 5.74) is 6.32. The zero-order chi connectivity index (χ0) is 17.2. The van der Waals surface area contributed by atoms with E-state index in [0.29, 0.717) is 0 Å². The third-order valence-electron chi connectivity index (χ3n) is 4.80. The molecule has 0 atom stereocenters. The Bertz CT molecular complexity index is 884. The maximum atomic E-state index is 9.37. The molecule has 1 aliphatic rings. The van der Waals surface area contributed by atoms with Crippen LogP contribution in [0.3, 0.4) is 0 Å². The molecule has 2 aromatic carbocycles. The average molecular weight is 334 g/mol. The van der Waals surface area contributed by atoms with Crippen LogP contribution >= 0.6 is 0 Å². The van der Waals surface area contributed by atoms with E-state index in [4.69, 9.17) is 9.72 Å². The summed E-state index contributed by atoms with van der Waals surface area (Å²) in [5, 5.41) is 10.5. The second kappa shape index (κ2) is 6.82. The van der Waals surface area contributed by atoms with Crippen LogP contribution in [0.2, 0.25) is 0 Å². The maximum absolute atomic E-state index is 9.37. The number of pyridine rings is 1. The predicted octanol–water partition coefficient (Wildman–Crippen LogP) is 3.54. The first-order valence-electron chi connectivity index (χ1n) is 8.69. The molecule has 1 aliphatic heterocycles. The van der Waals surface area contributed by atoms with Crippen molar-refractivity contribution in [2.45, 2.75) is 13.5 Å². The second-order valence-electron chi connectivity index (χ2n) is 6.48. The lowest BCUT2D eigenvalue weighted by atomic mass is 10.0. The number of hydrogen-bond donors (Lipinski definition) is 1. The number of aliphatic hydroxyl groups excluding tert-OH is 1. The summed E-state index contributed by atoms with van der Waals surface area (Å²) in [7, 11) is 0. The van der Waals surface area contributed by atoms with Crippen LogP contribution in [0.15, 0.2) is 48.5 Å². The third kappa shape index (κ3) is 3.23. The Morgan fingerprint density at radius 2 is 1.80 bits per heavy atom. The Kier molecular flexibility index (Phi) is 4.38. The quantitative estimate of drug-likeness (QED) is 0.796. The van der Waals surface area contributed by atoms with Gasteiger partial charge < -0.3 is 14.7 Å². The maximum Gasteiger partial charge on any atom is 0.0715 e. The molecule has 1 saturated heterocycles. The van der Waals surface area contributed by atoms with Crippen molar-refractivity contribution in [3.8, 4) is 11.3 Å². The molecule has 1 fully saturated rings. The Hall–Kier alpha value is -2.43. The summed E-state index contributed by atoms with van der Waals surface area (Å²) in [5.74, 6) is 0. The number of aryl methyl sites for hydroxylation is 1. The highest BCUT2D eigenvalue weighted by Gasteiger charge is 2.12. The lowest BCUT2D eigenvalue weighted by Gasteiger charge is -2.28. The van der Waals surface area contributed by atoms with Crippen LogP contribution < -0.4 is 4.90 Å². The number of anilines is 1. The number of benzene rings is 2. The smallest absolute Gasteiger partial charge is 0.0715 e. The normalized spacial score (nSPS) is 14.9. The van der Waals surface area contributed by atoms with Crippen LogP contribution in [-0.2, 0) is 11.3 Å². The molecule has 3 aromatic rings. The van der Waals surface area contributed by atoms with Gasteiger partial charge in [-0.15, -0.1) is 0 Å². The first kappa shape index (κ1) is 16.1. The molecule has 4 rings (SSSR count). The average Bonchev–Trinajstić information content (AvgIpc) is 2.68. The Balaban J connectivity index is 1.68. The van der Waals surface area contributed by atoms with Crippen molar-refractivity contribution in [3.63, 3.8) is 0 Å². The van der Waals surface area contributed by atoms with Gasteiger partial charge in [-0.05, 0) is 42.3 Å². The highest BCUT2D eigenvalue weighted by Crippen LogP contribution is 2.27. The van der Waals surface area contributed by atoms with Gasteiger partial charge in [-0.1, -0.05) is 24.3 Å². The Labute approximate surface area is 147 Å². The molecule has 0 aliphatic carbocycles. The van der Waals surface area contributed by atoms with Gasteiger partial charge in [-0.25, -0.2) is 4.98 Å². The van der Waals surface area contributed by atoms with Crippen molar-refractivity contribution in [1.29, 1.82) is 0 Å². The molecule has 1 aromatic heterocycles. The Morgan fingerprint density at radius 1 is 1.04 bits per heavy atom. The fraction of sp³-hybridized carbons (Fsp3) is 0.286. The molecule has 0 bridgehead atoms. The van der Waals surface area contributed by atoms with E-state index in [1.807, 2.05) is 18.2 Å². The molecule has 0 spiro atoms. The second-order valence-corrected chi connectivity index (χ2v) is 6.48. The summed E-state index contributed by atoms with van der Waals surface area (Å²) in [6.45, 7) is 5.61. The largest absolute Gasteiger partial charge is 0.392 e. The van der Waals surface area contributed by atoms with Crippen LogP contribution in [0.1, 0.15) is 11.1 Å². The van der Waals surface area contributed by atoms with Gasteiger partial charge in [0, 0.05) is 29.7 Å². The molecule has 0 amide bonds. The van der Waals surface area contributed by atoms with Gasteiger partial charge in [0.15, 0.2) is 0 Å². The predicted molar refractivity (Wildman–Crippen MR) is 101 cm³/mol. The van der Waals surface area contributed by atoms with Crippen LogP contribution in [-0.4, -0.2) is 36.4 Å². The first-order chi connectivity index (χ1) is 12.2. The summed E-state index contributed by atoms with van der Waals surface area (Å²) in [6, 6.07) is 16.7. The number of fused-ring (bicyclic) bond motifs is 1. The standard InChI is InChI=1S/C21H22N2O2/c1-15-12-20(22-21-13-16(14-24)2-7-19(15)21)17-3-5-18(6-4-17)23-8-10-25-11-9-23/h2-7,12-13,24H,8-11,14H2,1H3. The molecule has 4 nitrogen and oxygen atoms in total. The summed E-state index contributed by atoms with van der Waals surface area (Å²) in [4.78, 5) is 7.16. The van der Waals surface area contributed by atoms with Crippen molar-refractivity contribution >= 4 is 16.6 Å². The lowest BCUT2D eigenvalue weighted by Crippen LogP contribution is -2.36. The van der Waals surface area contributed by atoms with Gasteiger partial charge in [-0.3, -0.25) is 0 Å². The van der Waals surface area contributed by atoms with Crippen LogP contribution in [0.5, 0.6) is 0 Å². The molecule has 0 saturated carbocycles. The van der Waals surface area contributed by atoms with E-state index in [1.165, 1.54) is 11.3 Å². The van der Waals surface area contributed by atoms with Crippen LogP contribution in [0, 0.1) is 6.92 Å². The van der Waals surface area contributed by atoms with E-state index in [1.54, 1.807) is 0 Å². The van der Waals surface area contributed by atoms with Gasteiger partial charge in [0.25, 0.3) is 0 Å². The van der Waals surface area contributed by atoms with Gasteiger partial charge in [-0.2, -0.15) is 0 Å². The van der Waals surface area contributed by atoms with E-state index in [0.717, 1.165) is 54.0 Å². The molecule has 0 radical (unpaired) electrons. The lowest BCUT2D eigenvalue weighted by molar-refractivity contribution is 0.122. The fourth-order valence-corrected chi connectivity index (χ4v) is 3.36. The minimum absolute atomic E-state index is 0.0368. The van der Waals surface area contributed by atoms with Crippen molar-refractivity contribution in [3.05, 3.63) is 59.7 Å². The van der Waals surface area contributed by atoms with E-state index in [2.05, 4.69) is 42.2 Å². The van der Waals surface area contributed by atoms with E-state index >= 15 is 0 Å². The number of aliphatic hydroxyl groups is 1. The number of ether oxygens (including phenoxy) is 1. The van der Waals surface area contributed by atoms with Crippen molar-refractivity contribution in [2.75, 3.05) is 31.2 Å². The molecule has 2 heterocycles. The highest BCUT2D eigenvalue weighted by atomic mass is 16.5. The number of rotatable bonds is 3. The van der Waals surface area contributed by atoms with Crippen molar-refractivity contribution in [2.24, 2.45) is 0 Å². The topological polar surface area (TPSA) is 45.6 Å². The molecule has 4 heteroatoms. The van der Waals surface area contributed by atoms with Gasteiger partial charge >= 0.3 is 0 Å². The van der Waals surface area contributed by atoms with E-state index in [-0.39, 0.29) is 6.61 Å². The van der Waals surface area contributed by atoms with E-state index < -0.39 is 0 Å². The molecular formula is C21H22N2O2. The van der Waals surface area contributed by atoms with Gasteiger partial charge in [0.05, 0.1) is 31.0 Å². The summed E-state index contributed by atoms with van der Waals surface area (Å²) >= 11 is 0. The highest BCUT2D eigenvalue weighted by molar-refractivity contribution is 5.85. The molecule has 128 valence electrons. The number of morpholine rings is 1. The zero-order valence-electron chi connectivity index (χ0n) is 14.4. The minimum Gasteiger partial charge on any atom is -0.392 e. The minimum atomic E-state index is 0.0368. The summed E-state index contributed by atoms with van der Waals surface area (Å²) < 4.78 is 5.42. The van der Waals surface area contributed by atoms with Gasteiger partial charge in [0.1, 0.15) is 0 Å². The first-order valence-corrected chi connectivity index (χ1v) is 8.69. The Morgan fingerprint density at radius 3 is 2.52 bits per heavy atom. The SMILES string of the molecule is Cc1cc(-c2ccc(N3CCOCC3)cc2)nc2cc(CO)ccc12. The number of aromatic nitrogens is 1. The van der Waals surface area contributed by atoms with Crippen LogP contribution in [0.4, 0.5) is 5.69 Å². The summed E-state index contributed by atoms with van der Waals surface area (Å²) in [6.07, 6.45) is 0. The molecule has 25 heavy (non-hydrogen) atoms. The monoisotopic (exact) mass is 334 g/mol. The number of nitrogens with zero attached hydrogens (tertiary/aromatic N) is 2. The fourth-order valence-electron chi connectivity index (χ4n) is 3.36. The number of hydrogen-bond acceptors (Lipinski definition) is 4. The molecular weight excluding hydrogens is 312 g/mol. The molecule has 0 unspecified atom stereocenters. The zero-order valence-corrected chi connectivity index (χ0v) is 14.4. The molecule has 1 N–H and O–H groups in total. The van der Waals surface area contributed by atoms with Crippen molar-refractivity contribution in [1.82, 2.24) is 4.98 Å². The van der Waals surface area contributed by atoms with Crippen molar-refractivity contribution < 1.29 is 9.84 Å². The third-order valence-corrected chi connectivity index (χ3v) is 4.80.